The largest absolute Gasteiger partial charge is 0.497 e. The summed E-state index contributed by atoms with van der Waals surface area (Å²) in [6, 6.07) is 17.6. The van der Waals surface area contributed by atoms with Crippen molar-refractivity contribution in [2.24, 2.45) is 0 Å². The fourth-order valence-electron chi connectivity index (χ4n) is 3.72. The summed E-state index contributed by atoms with van der Waals surface area (Å²) in [7, 11) is 1.62. The molecule has 1 aliphatic heterocycles. The number of thioether (sulfide) groups is 1. The molecule has 1 amide bonds. The van der Waals surface area contributed by atoms with E-state index < -0.39 is 0 Å². The number of nitrogens with zero attached hydrogens (tertiary/aromatic N) is 4. The lowest BCUT2D eigenvalue weighted by molar-refractivity contribution is -0.115. The first kappa shape index (κ1) is 22.4. The summed E-state index contributed by atoms with van der Waals surface area (Å²) in [6.45, 7) is 5.56. The minimum Gasteiger partial charge on any atom is -0.497 e. The van der Waals surface area contributed by atoms with Crippen LogP contribution < -0.4 is 10.1 Å². The first-order valence-electron chi connectivity index (χ1n) is 10.9. The van der Waals surface area contributed by atoms with Crippen molar-refractivity contribution in [3.8, 4) is 5.75 Å². The Morgan fingerprint density at radius 3 is 2.47 bits per heavy atom. The number of hydrogen-bond donors (Lipinski definition) is 1. The molecule has 0 saturated carbocycles. The zero-order valence-electron chi connectivity index (χ0n) is 18.5. The number of hydrogen-bond acceptors (Lipinski definition) is 6. The topological polar surface area (TPSA) is 72.3 Å². The molecule has 3 aromatic rings. The number of methoxy groups -OCH3 is 1. The molecule has 168 valence electrons. The maximum Gasteiger partial charge on any atom is 0.237 e. The van der Waals surface area contributed by atoms with Gasteiger partial charge in [-0.25, -0.2) is 0 Å². The average Bonchev–Trinajstić information content (AvgIpc) is 3.46. The van der Waals surface area contributed by atoms with Crippen LogP contribution in [0.4, 0.5) is 5.69 Å². The maximum absolute atomic E-state index is 12.8. The molecule has 1 saturated heterocycles. The monoisotopic (exact) mass is 451 g/mol. The van der Waals surface area contributed by atoms with Gasteiger partial charge in [0.2, 0.25) is 5.91 Å². The molecular weight excluding hydrogens is 422 g/mol. The van der Waals surface area contributed by atoms with Crippen molar-refractivity contribution in [3.05, 3.63) is 66.0 Å². The lowest BCUT2D eigenvalue weighted by Crippen LogP contribution is -2.24. The van der Waals surface area contributed by atoms with Crippen molar-refractivity contribution in [2.45, 2.75) is 43.3 Å². The van der Waals surface area contributed by atoms with E-state index in [1.165, 1.54) is 30.2 Å². The van der Waals surface area contributed by atoms with E-state index in [0.29, 0.717) is 6.54 Å². The zero-order valence-corrected chi connectivity index (χ0v) is 19.3. The Morgan fingerprint density at radius 1 is 1.06 bits per heavy atom. The highest BCUT2D eigenvalue weighted by molar-refractivity contribution is 8.00. The van der Waals surface area contributed by atoms with Gasteiger partial charge in [-0.15, -0.1) is 10.2 Å². The van der Waals surface area contributed by atoms with Gasteiger partial charge < -0.3 is 14.6 Å². The van der Waals surface area contributed by atoms with Gasteiger partial charge in [0.15, 0.2) is 5.16 Å². The summed E-state index contributed by atoms with van der Waals surface area (Å²) in [5.74, 6) is 1.63. The van der Waals surface area contributed by atoms with E-state index in [-0.39, 0.29) is 11.2 Å². The molecule has 1 aliphatic rings. The minimum atomic E-state index is -0.324. The third kappa shape index (κ3) is 5.69. The van der Waals surface area contributed by atoms with Crippen LogP contribution in [0.2, 0.25) is 0 Å². The van der Waals surface area contributed by atoms with E-state index in [2.05, 4.69) is 37.1 Å². The van der Waals surface area contributed by atoms with Crippen molar-refractivity contribution in [1.82, 2.24) is 19.7 Å². The van der Waals surface area contributed by atoms with E-state index in [1.807, 2.05) is 49.4 Å². The van der Waals surface area contributed by atoms with Crippen LogP contribution in [0.5, 0.6) is 5.75 Å². The lowest BCUT2D eigenvalue weighted by atomic mass is 10.2. The van der Waals surface area contributed by atoms with E-state index >= 15 is 0 Å². The molecule has 32 heavy (non-hydrogen) atoms. The molecule has 0 bridgehead atoms. The van der Waals surface area contributed by atoms with Crippen LogP contribution in [0.15, 0.2) is 59.8 Å². The molecule has 8 heteroatoms. The van der Waals surface area contributed by atoms with Crippen molar-refractivity contribution >= 4 is 23.4 Å². The van der Waals surface area contributed by atoms with Gasteiger partial charge in [0, 0.05) is 5.69 Å². The zero-order chi connectivity index (χ0) is 22.3. The highest BCUT2D eigenvalue weighted by Gasteiger charge is 2.22. The normalized spacial score (nSPS) is 14.9. The number of benzene rings is 2. The Morgan fingerprint density at radius 2 is 1.78 bits per heavy atom. The molecule has 7 nitrogen and oxygen atoms in total. The predicted molar refractivity (Wildman–Crippen MR) is 127 cm³/mol. The second-order valence-corrected chi connectivity index (χ2v) is 9.24. The number of anilines is 1. The molecule has 0 spiro atoms. The average molecular weight is 452 g/mol. The van der Waals surface area contributed by atoms with Gasteiger partial charge in [0.05, 0.1) is 25.4 Å². The number of rotatable bonds is 9. The highest BCUT2D eigenvalue weighted by atomic mass is 32.2. The summed E-state index contributed by atoms with van der Waals surface area (Å²) in [5, 5.41) is 12.4. The van der Waals surface area contributed by atoms with E-state index in [0.717, 1.165) is 42.1 Å². The van der Waals surface area contributed by atoms with Gasteiger partial charge in [-0.3, -0.25) is 9.69 Å². The first-order chi connectivity index (χ1) is 15.6. The van der Waals surface area contributed by atoms with E-state index in [1.54, 1.807) is 7.11 Å². The molecule has 1 atom stereocenters. The van der Waals surface area contributed by atoms with Gasteiger partial charge >= 0.3 is 0 Å². The van der Waals surface area contributed by atoms with Crippen molar-refractivity contribution in [3.63, 3.8) is 0 Å². The maximum atomic E-state index is 12.8. The fourth-order valence-corrected chi connectivity index (χ4v) is 4.59. The van der Waals surface area contributed by atoms with Crippen LogP contribution in [0.1, 0.15) is 31.2 Å². The second-order valence-electron chi connectivity index (χ2n) is 7.93. The van der Waals surface area contributed by atoms with Crippen LogP contribution in [0, 0.1) is 0 Å². The summed E-state index contributed by atoms with van der Waals surface area (Å²) in [4.78, 5) is 15.2. The summed E-state index contributed by atoms with van der Waals surface area (Å²) >= 11 is 1.44. The molecule has 0 radical (unpaired) electrons. The van der Waals surface area contributed by atoms with Crippen LogP contribution in [-0.2, 0) is 17.9 Å². The molecule has 0 unspecified atom stereocenters. The molecular formula is C24H29N5O2S. The molecule has 2 aromatic carbocycles. The Bertz CT molecular complexity index is 1020. The van der Waals surface area contributed by atoms with Gasteiger partial charge in [0.25, 0.3) is 0 Å². The first-order valence-corrected chi connectivity index (χ1v) is 11.8. The van der Waals surface area contributed by atoms with Crippen LogP contribution in [0.25, 0.3) is 0 Å². The highest BCUT2D eigenvalue weighted by Crippen LogP contribution is 2.26. The van der Waals surface area contributed by atoms with Gasteiger partial charge in [-0.2, -0.15) is 0 Å². The number of nitrogens with one attached hydrogen (secondary N) is 1. The Kier molecular flexibility index (Phi) is 7.44. The molecule has 1 aromatic heterocycles. The molecule has 1 fully saturated rings. The second kappa shape index (κ2) is 10.7. The van der Waals surface area contributed by atoms with Gasteiger partial charge in [-0.05, 0) is 62.7 Å². The minimum absolute atomic E-state index is 0.0736. The predicted octanol–water partition coefficient (Wildman–Crippen LogP) is 4.05. The Hall–Kier alpha value is -2.84. The standard InChI is InChI=1S/C24H29N5O2S/c1-18(23(30)25-20-10-12-21(31-2)13-11-20)32-24-27-26-22(17-28-14-6-7-15-28)29(24)16-19-8-4-3-5-9-19/h3-5,8-13,18H,6-7,14-17H2,1-2H3,(H,25,30)/t18-/m1/s1. The molecule has 0 aliphatic carbocycles. The van der Waals surface area contributed by atoms with Gasteiger partial charge in [0.1, 0.15) is 11.6 Å². The third-order valence-electron chi connectivity index (χ3n) is 5.55. The van der Waals surface area contributed by atoms with E-state index in [9.17, 15) is 4.79 Å². The Labute approximate surface area is 193 Å². The van der Waals surface area contributed by atoms with Crippen LogP contribution in [-0.4, -0.2) is 51.0 Å². The molecule has 2 heterocycles. The number of likely N-dealkylation sites (tertiary alicyclic amines) is 1. The SMILES string of the molecule is COc1ccc(NC(=O)[C@@H](C)Sc2nnc(CN3CCCC3)n2Cc2ccccc2)cc1. The Balaban J connectivity index is 1.48. The van der Waals surface area contributed by atoms with Crippen molar-refractivity contribution < 1.29 is 9.53 Å². The van der Waals surface area contributed by atoms with Crippen molar-refractivity contribution in [2.75, 3.05) is 25.5 Å². The van der Waals surface area contributed by atoms with Crippen LogP contribution in [0.3, 0.4) is 0 Å². The molecule has 1 N–H and O–H groups in total. The fraction of sp³-hybridized carbons (Fsp3) is 0.375. The number of amides is 1. The van der Waals surface area contributed by atoms with Crippen LogP contribution >= 0.6 is 11.8 Å². The lowest BCUT2D eigenvalue weighted by Gasteiger charge is -2.17. The summed E-state index contributed by atoms with van der Waals surface area (Å²) in [5.41, 5.74) is 1.93. The number of ether oxygens (including phenoxy) is 1. The smallest absolute Gasteiger partial charge is 0.237 e. The number of carbonyl (C=O) groups is 1. The molecule has 4 rings (SSSR count). The summed E-state index contributed by atoms with van der Waals surface area (Å²) < 4.78 is 7.32. The quantitative estimate of drug-likeness (QED) is 0.495. The number of carbonyl (C=O) groups excluding carboxylic acids is 1. The van der Waals surface area contributed by atoms with Gasteiger partial charge in [-0.1, -0.05) is 42.1 Å². The van der Waals surface area contributed by atoms with Crippen molar-refractivity contribution in [1.29, 1.82) is 0 Å². The number of aromatic nitrogens is 3. The summed E-state index contributed by atoms with van der Waals surface area (Å²) in [6.07, 6.45) is 2.47. The third-order valence-corrected chi connectivity index (χ3v) is 6.63. The van der Waals surface area contributed by atoms with E-state index in [4.69, 9.17) is 4.74 Å².